The molecule has 0 amide bonds. The van der Waals surface area contributed by atoms with Gasteiger partial charge in [-0.3, -0.25) is 4.79 Å². The van der Waals surface area contributed by atoms with Gasteiger partial charge in [0.05, 0.1) is 22.5 Å². The highest BCUT2D eigenvalue weighted by Crippen LogP contribution is 2.33. The van der Waals surface area contributed by atoms with Crippen molar-refractivity contribution in [2.24, 2.45) is 0 Å². The molecule has 19 heavy (non-hydrogen) atoms. The van der Waals surface area contributed by atoms with Crippen LogP contribution in [0.1, 0.15) is 27.4 Å². The molecule has 0 radical (unpaired) electrons. The zero-order valence-corrected chi connectivity index (χ0v) is 11.0. The molecule has 0 spiro atoms. The molecule has 96 valence electrons. The number of fused-ring (bicyclic) bond motifs is 1. The largest absolute Gasteiger partial charge is 0.361 e. The first kappa shape index (κ1) is 11.6. The van der Waals surface area contributed by atoms with E-state index in [2.05, 4.69) is 10.3 Å². The molecule has 5 heteroatoms. The number of carbonyl (C=O) groups is 1. The van der Waals surface area contributed by atoms with Gasteiger partial charge in [-0.25, -0.2) is 4.52 Å². The first-order chi connectivity index (χ1) is 9.15. The van der Waals surface area contributed by atoms with Crippen LogP contribution in [-0.4, -0.2) is 21.1 Å². The van der Waals surface area contributed by atoms with Crippen LogP contribution in [0.4, 0.5) is 0 Å². The topological polar surface area (TPSA) is 60.4 Å². The Morgan fingerprint density at radius 1 is 1.32 bits per heavy atom. The first-order valence-electron chi connectivity index (χ1n) is 6.00. The molecule has 3 rings (SSSR count). The molecule has 5 nitrogen and oxygen atoms in total. The first-order valence-corrected chi connectivity index (χ1v) is 6.00. The highest BCUT2D eigenvalue weighted by Gasteiger charge is 2.22. The van der Waals surface area contributed by atoms with Crippen LogP contribution < -0.4 is 0 Å². The summed E-state index contributed by atoms with van der Waals surface area (Å²) in [5.74, 6) is 0.725. The smallest absolute Gasteiger partial charge is 0.152 e. The molecule has 0 saturated carbocycles. The monoisotopic (exact) mass is 255 g/mol. The third-order valence-corrected chi connectivity index (χ3v) is 3.39. The van der Waals surface area contributed by atoms with Crippen LogP contribution in [0.15, 0.2) is 22.9 Å². The Balaban J connectivity index is 2.48. The van der Waals surface area contributed by atoms with E-state index >= 15 is 0 Å². The van der Waals surface area contributed by atoms with Crippen LogP contribution >= 0.6 is 0 Å². The van der Waals surface area contributed by atoms with Crippen LogP contribution in [0.25, 0.3) is 16.8 Å². The molecule has 3 heterocycles. The van der Waals surface area contributed by atoms with Gasteiger partial charge in [0, 0.05) is 11.8 Å². The lowest BCUT2D eigenvalue weighted by atomic mass is 10.1. The maximum atomic E-state index is 11.3. The molecule has 0 fully saturated rings. The molecule has 0 aliphatic heterocycles. The molecular weight excluding hydrogens is 242 g/mol. The minimum Gasteiger partial charge on any atom is -0.361 e. The van der Waals surface area contributed by atoms with Crippen molar-refractivity contribution in [2.75, 3.05) is 0 Å². The van der Waals surface area contributed by atoms with Crippen molar-refractivity contribution in [2.45, 2.75) is 20.8 Å². The van der Waals surface area contributed by atoms with E-state index in [1.165, 1.54) is 0 Å². The van der Waals surface area contributed by atoms with Crippen LogP contribution in [0, 0.1) is 20.8 Å². The van der Waals surface area contributed by atoms with E-state index in [-0.39, 0.29) is 0 Å². The second kappa shape index (κ2) is 4.05. The fourth-order valence-corrected chi connectivity index (χ4v) is 2.50. The quantitative estimate of drug-likeness (QED) is 0.660. The molecule has 0 unspecified atom stereocenters. The van der Waals surface area contributed by atoms with Gasteiger partial charge in [-0.1, -0.05) is 5.16 Å². The average molecular weight is 255 g/mol. The Morgan fingerprint density at radius 3 is 2.74 bits per heavy atom. The Bertz CT molecular complexity index is 764. The second-order valence-electron chi connectivity index (χ2n) is 4.53. The van der Waals surface area contributed by atoms with Crippen molar-refractivity contribution in [3.05, 3.63) is 40.9 Å². The van der Waals surface area contributed by atoms with Gasteiger partial charge in [0.2, 0.25) is 0 Å². The van der Waals surface area contributed by atoms with Gasteiger partial charge in [-0.05, 0) is 38.5 Å². The van der Waals surface area contributed by atoms with Gasteiger partial charge in [0.25, 0.3) is 0 Å². The highest BCUT2D eigenvalue weighted by atomic mass is 16.5. The summed E-state index contributed by atoms with van der Waals surface area (Å²) in [6, 6.07) is 3.70. The second-order valence-corrected chi connectivity index (χ2v) is 4.53. The number of rotatable bonds is 2. The van der Waals surface area contributed by atoms with E-state index in [1.807, 2.05) is 32.9 Å². The summed E-state index contributed by atoms with van der Waals surface area (Å²) in [4.78, 5) is 11.3. The third-order valence-electron chi connectivity index (χ3n) is 3.39. The minimum absolute atomic E-state index is 0.656. The van der Waals surface area contributed by atoms with Gasteiger partial charge < -0.3 is 4.52 Å². The molecule has 0 aliphatic carbocycles. The van der Waals surface area contributed by atoms with E-state index in [4.69, 9.17) is 4.52 Å². The zero-order chi connectivity index (χ0) is 13.6. The normalized spacial score (nSPS) is 11.1. The highest BCUT2D eigenvalue weighted by molar-refractivity contribution is 5.93. The molecule has 3 aromatic heterocycles. The standard InChI is InChI=1S/C14H13N3O2/c1-8-11(7-18)12-5-4-6-15-17(12)14(8)13-9(2)16-19-10(13)3/h4-7H,1-3H3. The van der Waals surface area contributed by atoms with Crippen molar-refractivity contribution in [1.82, 2.24) is 14.8 Å². The number of aldehydes is 1. The lowest BCUT2D eigenvalue weighted by Gasteiger charge is -2.02. The van der Waals surface area contributed by atoms with E-state index in [0.717, 1.165) is 40.1 Å². The third kappa shape index (κ3) is 1.51. The summed E-state index contributed by atoms with van der Waals surface area (Å²) >= 11 is 0. The number of nitrogens with zero attached hydrogens (tertiary/aromatic N) is 3. The predicted molar refractivity (Wildman–Crippen MR) is 70.3 cm³/mol. The van der Waals surface area contributed by atoms with Gasteiger partial charge in [-0.15, -0.1) is 0 Å². The summed E-state index contributed by atoms with van der Waals surface area (Å²) in [6.45, 7) is 5.66. The molecular formula is C14H13N3O2. The molecule has 0 saturated heterocycles. The Labute approximate surface area is 109 Å². The predicted octanol–water partition coefficient (Wildman–Crippen LogP) is 2.73. The van der Waals surface area contributed by atoms with Gasteiger partial charge in [0.1, 0.15) is 5.76 Å². The van der Waals surface area contributed by atoms with Crippen LogP contribution in [0.5, 0.6) is 0 Å². The Hall–Kier alpha value is -2.43. The maximum absolute atomic E-state index is 11.3. The summed E-state index contributed by atoms with van der Waals surface area (Å²) in [6.07, 6.45) is 2.57. The van der Waals surface area contributed by atoms with Crippen molar-refractivity contribution >= 4 is 11.8 Å². The van der Waals surface area contributed by atoms with Gasteiger partial charge >= 0.3 is 0 Å². The zero-order valence-electron chi connectivity index (χ0n) is 11.0. The number of hydrogen-bond acceptors (Lipinski definition) is 4. The molecule has 0 bridgehead atoms. The number of carbonyl (C=O) groups excluding carboxylic acids is 1. The molecule has 0 aliphatic rings. The summed E-state index contributed by atoms with van der Waals surface area (Å²) in [7, 11) is 0. The van der Waals surface area contributed by atoms with Gasteiger partial charge in [0.15, 0.2) is 6.29 Å². The summed E-state index contributed by atoms with van der Waals surface area (Å²) in [5, 5.41) is 8.31. The van der Waals surface area contributed by atoms with Crippen LogP contribution in [0.2, 0.25) is 0 Å². The molecule has 0 N–H and O–H groups in total. The van der Waals surface area contributed by atoms with Crippen LogP contribution in [-0.2, 0) is 0 Å². The molecule has 3 aromatic rings. The van der Waals surface area contributed by atoms with E-state index in [1.54, 1.807) is 10.7 Å². The molecule has 0 atom stereocenters. The average Bonchev–Trinajstić information content (AvgIpc) is 2.87. The summed E-state index contributed by atoms with van der Waals surface area (Å²) < 4.78 is 6.99. The number of aromatic nitrogens is 3. The summed E-state index contributed by atoms with van der Waals surface area (Å²) in [5.41, 5.74) is 4.91. The minimum atomic E-state index is 0.656. The lowest BCUT2D eigenvalue weighted by molar-refractivity contribution is 0.112. The van der Waals surface area contributed by atoms with E-state index in [0.29, 0.717) is 5.56 Å². The Morgan fingerprint density at radius 2 is 2.11 bits per heavy atom. The van der Waals surface area contributed by atoms with Crippen molar-refractivity contribution in [1.29, 1.82) is 0 Å². The number of hydrogen-bond donors (Lipinski definition) is 0. The SMILES string of the molecule is Cc1noc(C)c1-c1c(C)c(C=O)c2cccnn12. The van der Waals surface area contributed by atoms with Crippen molar-refractivity contribution < 1.29 is 9.32 Å². The fourth-order valence-electron chi connectivity index (χ4n) is 2.50. The maximum Gasteiger partial charge on any atom is 0.152 e. The van der Waals surface area contributed by atoms with Gasteiger partial charge in [-0.2, -0.15) is 5.10 Å². The molecule has 0 aromatic carbocycles. The van der Waals surface area contributed by atoms with E-state index < -0.39 is 0 Å². The Kier molecular flexibility index (Phi) is 2.48. The van der Waals surface area contributed by atoms with Crippen molar-refractivity contribution in [3.8, 4) is 11.3 Å². The van der Waals surface area contributed by atoms with Crippen molar-refractivity contribution in [3.63, 3.8) is 0 Å². The van der Waals surface area contributed by atoms with Crippen LogP contribution in [0.3, 0.4) is 0 Å². The number of aryl methyl sites for hydroxylation is 2. The van der Waals surface area contributed by atoms with E-state index in [9.17, 15) is 4.79 Å². The lowest BCUT2D eigenvalue weighted by Crippen LogP contribution is -1.95. The fraction of sp³-hybridized carbons (Fsp3) is 0.214.